The average Bonchev–Trinajstić information content (AvgIpc) is 2.42. The minimum atomic E-state index is -0.873. The maximum absolute atomic E-state index is 12.9. The van der Waals surface area contributed by atoms with Gasteiger partial charge >= 0.3 is 5.97 Å². The Kier molecular flexibility index (Phi) is 4.29. The third kappa shape index (κ3) is 3.65. The molecule has 0 bridgehead atoms. The lowest BCUT2D eigenvalue weighted by Gasteiger charge is -2.12. The van der Waals surface area contributed by atoms with Crippen LogP contribution in [0.5, 0.6) is 0 Å². The summed E-state index contributed by atoms with van der Waals surface area (Å²) >= 11 is 0. The Morgan fingerprint density at radius 1 is 1.05 bits per heavy atom. The standard InChI is InChI=1S/C16H15FO2/c17-14-9-7-13(8-10-14)15(16(18)19)11-6-12-4-2-1-3-5-12/h1-5,7-10,15H,6,11H2,(H,18,19)/t15-/m0/s1. The van der Waals surface area contributed by atoms with E-state index in [9.17, 15) is 14.3 Å². The fraction of sp³-hybridized carbons (Fsp3) is 0.188. The van der Waals surface area contributed by atoms with Crippen molar-refractivity contribution in [2.24, 2.45) is 0 Å². The van der Waals surface area contributed by atoms with Crippen molar-refractivity contribution in [3.63, 3.8) is 0 Å². The highest BCUT2D eigenvalue weighted by atomic mass is 19.1. The normalized spacial score (nSPS) is 12.1. The second-order valence-corrected chi connectivity index (χ2v) is 4.47. The van der Waals surface area contributed by atoms with Crippen molar-refractivity contribution in [2.75, 3.05) is 0 Å². The van der Waals surface area contributed by atoms with Gasteiger partial charge in [-0.25, -0.2) is 4.39 Å². The number of halogens is 1. The molecule has 0 radical (unpaired) electrons. The van der Waals surface area contributed by atoms with E-state index in [1.807, 2.05) is 30.3 Å². The van der Waals surface area contributed by atoms with Gasteiger partial charge in [-0.3, -0.25) is 4.79 Å². The molecule has 2 aromatic rings. The lowest BCUT2D eigenvalue weighted by Crippen LogP contribution is -2.12. The Balaban J connectivity index is 2.09. The van der Waals surface area contributed by atoms with Gasteiger partial charge in [0.2, 0.25) is 0 Å². The largest absolute Gasteiger partial charge is 0.481 e. The second-order valence-electron chi connectivity index (χ2n) is 4.47. The van der Waals surface area contributed by atoms with Crippen molar-refractivity contribution >= 4 is 5.97 Å². The Morgan fingerprint density at radius 3 is 2.26 bits per heavy atom. The molecule has 3 heteroatoms. The van der Waals surface area contributed by atoms with Gasteiger partial charge in [-0.1, -0.05) is 42.5 Å². The molecule has 0 aliphatic rings. The molecule has 0 aliphatic carbocycles. The highest BCUT2D eigenvalue weighted by Crippen LogP contribution is 2.22. The molecule has 98 valence electrons. The molecule has 0 saturated heterocycles. The van der Waals surface area contributed by atoms with E-state index in [0.29, 0.717) is 18.4 Å². The van der Waals surface area contributed by atoms with Crippen molar-refractivity contribution in [1.82, 2.24) is 0 Å². The highest BCUT2D eigenvalue weighted by Gasteiger charge is 2.19. The summed E-state index contributed by atoms with van der Waals surface area (Å²) in [5, 5.41) is 9.28. The van der Waals surface area contributed by atoms with Crippen LogP contribution in [0.4, 0.5) is 4.39 Å². The van der Waals surface area contributed by atoms with Crippen LogP contribution >= 0.6 is 0 Å². The van der Waals surface area contributed by atoms with Crippen molar-refractivity contribution in [2.45, 2.75) is 18.8 Å². The van der Waals surface area contributed by atoms with E-state index < -0.39 is 11.9 Å². The van der Waals surface area contributed by atoms with Crippen LogP contribution in [0.15, 0.2) is 54.6 Å². The molecular formula is C16H15FO2. The summed E-state index contributed by atoms with van der Waals surface area (Å²) in [7, 11) is 0. The molecule has 0 fully saturated rings. The number of carboxylic acid groups (broad SMARTS) is 1. The van der Waals surface area contributed by atoms with Crippen LogP contribution in [0.2, 0.25) is 0 Å². The molecule has 2 rings (SSSR count). The second kappa shape index (κ2) is 6.14. The van der Waals surface area contributed by atoms with E-state index in [0.717, 1.165) is 5.56 Å². The number of aliphatic carboxylic acids is 1. The van der Waals surface area contributed by atoms with Gasteiger partial charge < -0.3 is 5.11 Å². The molecule has 0 amide bonds. The molecular weight excluding hydrogens is 243 g/mol. The van der Waals surface area contributed by atoms with Crippen LogP contribution in [0, 0.1) is 5.82 Å². The van der Waals surface area contributed by atoms with Crippen LogP contribution in [0.25, 0.3) is 0 Å². The molecule has 0 heterocycles. The van der Waals surface area contributed by atoms with E-state index in [-0.39, 0.29) is 5.82 Å². The van der Waals surface area contributed by atoms with Crippen LogP contribution in [0.1, 0.15) is 23.5 Å². The van der Waals surface area contributed by atoms with Crippen LogP contribution in [-0.4, -0.2) is 11.1 Å². The summed E-state index contributed by atoms with van der Waals surface area (Å²) in [6, 6.07) is 15.4. The molecule has 2 nitrogen and oxygen atoms in total. The smallest absolute Gasteiger partial charge is 0.310 e. The number of rotatable bonds is 5. The molecule has 19 heavy (non-hydrogen) atoms. The van der Waals surface area contributed by atoms with Gasteiger partial charge in [-0.05, 0) is 36.1 Å². The Bertz CT molecular complexity index is 534. The van der Waals surface area contributed by atoms with Crippen LogP contribution in [0.3, 0.4) is 0 Å². The zero-order valence-corrected chi connectivity index (χ0v) is 10.4. The van der Waals surface area contributed by atoms with Crippen molar-refractivity contribution in [1.29, 1.82) is 0 Å². The molecule has 2 aromatic carbocycles. The van der Waals surface area contributed by atoms with Crippen molar-refractivity contribution in [3.8, 4) is 0 Å². The van der Waals surface area contributed by atoms with Gasteiger partial charge in [0.1, 0.15) is 5.82 Å². The fourth-order valence-corrected chi connectivity index (χ4v) is 2.08. The first-order chi connectivity index (χ1) is 9.16. The van der Waals surface area contributed by atoms with Crippen LogP contribution in [-0.2, 0) is 11.2 Å². The number of hydrogen-bond donors (Lipinski definition) is 1. The first kappa shape index (κ1) is 13.3. The third-order valence-electron chi connectivity index (χ3n) is 3.13. The molecule has 1 atom stereocenters. The molecule has 0 saturated carbocycles. The highest BCUT2D eigenvalue weighted by molar-refractivity contribution is 5.76. The summed E-state index contributed by atoms with van der Waals surface area (Å²) in [4.78, 5) is 11.3. The summed E-state index contributed by atoms with van der Waals surface area (Å²) in [5.41, 5.74) is 1.75. The van der Waals surface area contributed by atoms with E-state index in [4.69, 9.17) is 0 Å². The number of aryl methyl sites for hydroxylation is 1. The summed E-state index contributed by atoms with van der Waals surface area (Å²) < 4.78 is 12.9. The van der Waals surface area contributed by atoms with Gasteiger partial charge in [0.15, 0.2) is 0 Å². The molecule has 0 spiro atoms. The number of benzene rings is 2. The quantitative estimate of drug-likeness (QED) is 0.889. The monoisotopic (exact) mass is 258 g/mol. The van der Waals surface area contributed by atoms with Crippen LogP contribution < -0.4 is 0 Å². The first-order valence-electron chi connectivity index (χ1n) is 6.19. The van der Waals surface area contributed by atoms with Gasteiger partial charge in [0.05, 0.1) is 5.92 Å². The SMILES string of the molecule is O=C(O)[C@@H](CCc1ccccc1)c1ccc(F)cc1. The first-order valence-corrected chi connectivity index (χ1v) is 6.19. The maximum atomic E-state index is 12.9. The van der Waals surface area contributed by atoms with E-state index in [2.05, 4.69) is 0 Å². The minimum Gasteiger partial charge on any atom is -0.481 e. The number of carboxylic acids is 1. The van der Waals surface area contributed by atoms with Gasteiger partial charge in [-0.2, -0.15) is 0 Å². The summed E-state index contributed by atoms with van der Waals surface area (Å²) in [6.45, 7) is 0. The predicted molar refractivity (Wildman–Crippen MR) is 71.5 cm³/mol. The van der Waals surface area contributed by atoms with E-state index in [1.165, 1.54) is 12.1 Å². The van der Waals surface area contributed by atoms with E-state index >= 15 is 0 Å². The predicted octanol–water partition coefficient (Wildman–Crippen LogP) is 3.63. The summed E-state index contributed by atoms with van der Waals surface area (Å²) in [6.07, 6.45) is 1.19. The average molecular weight is 258 g/mol. The molecule has 0 aromatic heterocycles. The fourth-order valence-electron chi connectivity index (χ4n) is 2.08. The lowest BCUT2D eigenvalue weighted by molar-refractivity contribution is -0.138. The maximum Gasteiger partial charge on any atom is 0.310 e. The van der Waals surface area contributed by atoms with Gasteiger partial charge in [0, 0.05) is 0 Å². The number of hydrogen-bond acceptors (Lipinski definition) is 1. The Labute approximate surface area is 111 Å². The van der Waals surface area contributed by atoms with Crippen molar-refractivity contribution < 1.29 is 14.3 Å². The lowest BCUT2D eigenvalue weighted by atomic mass is 9.92. The molecule has 0 unspecified atom stereocenters. The third-order valence-corrected chi connectivity index (χ3v) is 3.13. The van der Waals surface area contributed by atoms with E-state index in [1.54, 1.807) is 12.1 Å². The zero-order valence-electron chi connectivity index (χ0n) is 10.4. The minimum absolute atomic E-state index is 0.351. The van der Waals surface area contributed by atoms with Gasteiger partial charge in [-0.15, -0.1) is 0 Å². The van der Waals surface area contributed by atoms with Gasteiger partial charge in [0.25, 0.3) is 0 Å². The summed E-state index contributed by atoms with van der Waals surface area (Å²) in [5.74, 6) is -1.82. The topological polar surface area (TPSA) is 37.3 Å². The Hall–Kier alpha value is -2.16. The number of carbonyl (C=O) groups is 1. The Morgan fingerprint density at radius 2 is 1.68 bits per heavy atom. The zero-order chi connectivity index (χ0) is 13.7. The molecule has 1 N–H and O–H groups in total. The molecule has 0 aliphatic heterocycles. The van der Waals surface area contributed by atoms with Crippen molar-refractivity contribution in [3.05, 3.63) is 71.5 Å².